The Hall–Kier alpha value is -1.37. The summed E-state index contributed by atoms with van der Waals surface area (Å²) in [5.74, 6) is 0.786. The molecule has 0 aliphatic carbocycles. The highest BCUT2D eigenvalue weighted by Gasteiger charge is 2.27. The van der Waals surface area contributed by atoms with Crippen LogP contribution in [0.1, 0.15) is 0 Å². The number of pyridine rings is 1. The van der Waals surface area contributed by atoms with E-state index < -0.39 is 0 Å². The maximum absolute atomic E-state index is 10.5. The monoisotopic (exact) mass is 210 g/mol. The van der Waals surface area contributed by atoms with Gasteiger partial charge >= 0.3 is 0 Å². The van der Waals surface area contributed by atoms with Crippen LogP contribution in [-0.2, 0) is 4.74 Å². The maximum Gasteiger partial charge on any atom is 0.128 e. The molecule has 2 rings (SSSR count). The summed E-state index contributed by atoms with van der Waals surface area (Å²) in [7, 11) is 1.68. The first-order chi connectivity index (χ1) is 7.20. The molecule has 1 saturated heterocycles. The summed E-state index contributed by atoms with van der Waals surface area (Å²) in [5, 5.41) is 18.9. The Morgan fingerprint density at radius 1 is 1.60 bits per heavy atom. The van der Waals surface area contributed by atoms with Crippen molar-refractivity contribution in [2.75, 3.05) is 30.3 Å². The minimum Gasteiger partial charge on any atom is -0.733 e. The largest absolute Gasteiger partial charge is 0.733 e. The van der Waals surface area contributed by atoms with E-state index in [4.69, 9.17) is 9.94 Å². The van der Waals surface area contributed by atoms with E-state index in [9.17, 15) is 5.21 Å². The molecule has 82 valence electrons. The molecular weight excluding hydrogens is 198 g/mol. The topological polar surface area (TPSA) is 71.9 Å². The Kier molecular flexibility index (Phi) is 2.72. The van der Waals surface area contributed by atoms with E-state index in [0.717, 1.165) is 18.9 Å². The van der Waals surface area contributed by atoms with Gasteiger partial charge in [-0.1, -0.05) is 0 Å². The maximum atomic E-state index is 10.5. The first-order valence-electron chi connectivity index (χ1n) is 4.60. The van der Waals surface area contributed by atoms with E-state index in [-0.39, 0.29) is 17.0 Å². The van der Waals surface area contributed by atoms with Crippen molar-refractivity contribution in [3.63, 3.8) is 0 Å². The van der Waals surface area contributed by atoms with Gasteiger partial charge in [-0.25, -0.2) is 4.98 Å². The Bertz CT molecular complexity index is 322. The van der Waals surface area contributed by atoms with Crippen molar-refractivity contribution >= 4 is 11.5 Å². The van der Waals surface area contributed by atoms with Crippen molar-refractivity contribution in [2.24, 2.45) is 0 Å². The summed E-state index contributed by atoms with van der Waals surface area (Å²) in [6.07, 6.45) is 1.60. The van der Waals surface area contributed by atoms with Gasteiger partial charge in [-0.05, 0) is 12.1 Å². The highest BCUT2D eigenvalue weighted by atomic mass is 16.8. The minimum absolute atomic E-state index is 0.127. The number of methoxy groups -OCH3 is 1. The van der Waals surface area contributed by atoms with Gasteiger partial charge in [-0.2, -0.15) is 0 Å². The lowest BCUT2D eigenvalue weighted by atomic mass is 10.1. The van der Waals surface area contributed by atoms with Gasteiger partial charge in [0.05, 0.1) is 18.0 Å². The Morgan fingerprint density at radius 2 is 2.33 bits per heavy atom. The summed E-state index contributed by atoms with van der Waals surface area (Å²) in [5.41, 5.74) is 0.127. The van der Waals surface area contributed by atoms with Crippen LogP contribution in [0.5, 0.6) is 0 Å². The molecule has 6 nitrogen and oxygen atoms in total. The van der Waals surface area contributed by atoms with E-state index >= 15 is 0 Å². The number of anilines is 2. The average Bonchev–Trinajstić information content (AvgIpc) is 2.17. The molecule has 1 aliphatic rings. The van der Waals surface area contributed by atoms with Gasteiger partial charge in [0.25, 0.3) is 0 Å². The van der Waals surface area contributed by atoms with E-state index in [2.05, 4.69) is 4.98 Å². The van der Waals surface area contributed by atoms with Crippen molar-refractivity contribution in [1.82, 2.24) is 4.98 Å². The number of rotatable bonds is 3. The van der Waals surface area contributed by atoms with Crippen LogP contribution in [0.4, 0.5) is 11.5 Å². The molecule has 6 heteroatoms. The molecule has 1 aliphatic heterocycles. The Morgan fingerprint density at radius 3 is 2.80 bits per heavy atom. The molecule has 1 N–H and O–H groups in total. The van der Waals surface area contributed by atoms with Gasteiger partial charge in [0.1, 0.15) is 5.82 Å². The smallest absolute Gasteiger partial charge is 0.128 e. The van der Waals surface area contributed by atoms with Crippen molar-refractivity contribution in [3.05, 3.63) is 23.5 Å². The van der Waals surface area contributed by atoms with Crippen LogP contribution in [-0.4, -0.2) is 36.5 Å². The Balaban J connectivity index is 1.99. The van der Waals surface area contributed by atoms with Gasteiger partial charge in [-0.3, -0.25) is 5.21 Å². The van der Waals surface area contributed by atoms with Crippen molar-refractivity contribution in [1.29, 1.82) is 0 Å². The first-order valence-corrected chi connectivity index (χ1v) is 4.60. The van der Waals surface area contributed by atoms with Gasteiger partial charge in [0, 0.05) is 20.2 Å². The molecule has 1 fully saturated rings. The predicted octanol–water partition coefficient (Wildman–Crippen LogP) is 0.610. The van der Waals surface area contributed by atoms with Crippen LogP contribution in [0.2, 0.25) is 0 Å². The van der Waals surface area contributed by atoms with Gasteiger partial charge in [0.2, 0.25) is 0 Å². The fourth-order valence-corrected chi connectivity index (χ4v) is 1.45. The van der Waals surface area contributed by atoms with E-state index in [0.29, 0.717) is 0 Å². The second-order valence-corrected chi connectivity index (χ2v) is 3.41. The second kappa shape index (κ2) is 4.01. The van der Waals surface area contributed by atoms with Crippen LogP contribution in [0, 0.1) is 5.21 Å². The Labute approximate surface area is 87.2 Å². The molecular formula is C9H12N3O3-. The predicted molar refractivity (Wildman–Crippen MR) is 54.9 cm³/mol. The fraction of sp³-hybridized carbons (Fsp3) is 0.444. The molecule has 1 aromatic heterocycles. The fourth-order valence-electron chi connectivity index (χ4n) is 1.45. The zero-order valence-electron chi connectivity index (χ0n) is 8.33. The quantitative estimate of drug-likeness (QED) is 0.737. The van der Waals surface area contributed by atoms with E-state index in [1.807, 2.05) is 4.90 Å². The minimum atomic E-state index is -0.204. The molecule has 0 spiro atoms. The first kappa shape index (κ1) is 10.2. The zero-order valence-corrected chi connectivity index (χ0v) is 8.33. The number of hydrogen-bond acceptors (Lipinski definition) is 6. The molecule has 1 aromatic rings. The third-order valence-electron chi connectivity index (χ3n) is 2.46. The lowest BCUT2D eigenvalue weighted by Gasteiger charge is -2.39. The molecule has 15 heavy (non-hydrogen) atoms. The molecule has 0 bridgehead atoms. The summed E-state index contributed by atoms with van der Waals surface area (Å²) in [4.78, 5) is 6.09. The normalized spacial score (nSPS) is 16.3. The van der Waals surface area contributed by atoms with E-state index in [1.165, 1.54) is 12.3 Å². The number of nitrogens with zero attached hydrogens (tertiary/aromatic N) is 3. The molecule has 0 radical (unpaired) electrons. The zero-order chi connectivity index (χ0) is 10.8. The standard InChI is InChI=1S/C9H12N3O3/c1-15-8-5-11(6-8)9-3-2-7(4-10-9)12(13)14/h2-4,8,13H,5-6H2,1H3/q-1. The van der Waals surface area contributed by atoms with Gasteiger partial charge in [0.15, 0.2) is 0 Å². The van der Waals surface area contributed by atoms with Crippen molar-refractivity contribution in [2.45, 2.75) is 6.10 Å². The number of aromatic nitrogens is 1. The molecule has 0 saturated carbocycles. The lowest BCUT2D eigenvalue weighted by molar-refractivity contribution is 0.0783. The summed E-state index contributed by atoms with van der Waals surface area (Å²) >= 11 is 0. The summed E-state index contributed by atoms with van der Waals surface area (Å²) in [6, 6.07) is 3.22. The van der Waals surface area contributed by atoms with Crippen LogP contribution in [0.15, 0.2) is 18.3 Å². The highest BCUT2D eigenvalue weighted by Crippen LogP contribution is 2.21. The lowest BCUT2D eigenvalue weighted by Crippen LogP contribution is -2.52. The number of ether oxygens (including phenoxy) is 1. The van der Waals surface area contributed by atoms with Crippen LogP contribution >= 0.6 is 0 Å². The molecule has 0 atom stereocenters. The summed E-state index contributed by atoms with van der Waals surface area (Å²) in [6.45, 7) is 1.62. The molecule has 0 amide bonds. The number of hydrogen-bond donors (Lipinski definition) is 1. The van der Waals surface area contributed by atoms with Crippen molar-refractivity contribution < 1.29 is 9.94 Å². The molecule has 2 heterocycles. The van der Waals surface area contributed by atoms with Crippen molar-refractivity contribution in [3.8, 4) is 0 Å². The average molecular weight is 210 g/mol. The third-order valence-corrected chi connectivity index (χ3v) is 2.46. The second-order valence-electron chi connectivity index (χ2n) is 3.41. The highest BCUT2D eigenvalue weighted by molar-refractivity contribution is 5.50. The molecule has 0 unspecified atom stereocenters. The van der Waals surface area contributed by atoms with E-state index in [1.54, 1.807) is 13.2 Å². The van der Waals surface area contributed by atoms with Gasteiger partial charge in [-0.15, -0.1) is 0 Å². The SMILES string of the molecule is COC1CN(c2ccc(N([O-])O)cn2)C1. The van der Waals surface area contributed by atoms with Crippen LogP contribution < -0.4 is 10.1 Å². The van der Waals surface area contributed by atoms with Crippen LogP contribution in [0.25, 0.3) is 0 Å². The molecule has 0 aromatic carbocycles. The van der Waals surface area contributed by atoms with Gasteiger partial charge < -0.3 is 20.1 Å². The summed E-state index contributed by atoms with van der Waals surface area (Å²) < 4.78 is 5.13. The van der Waals surface area contributed by atoms with Crippen LogP contribution in [0.3, 0.4) is 0 Å². The third kappa shape index (κ3) is 2.01.